The lowest BCUT2D eigenvalue weighted by atomic mass is 10.0. The van der Waals surface area contributed by atoms with Gasteiger partial charge in [-0.15, -0.1) is 11.3 Å². The monoisotopic (exact) mass is 820 g/mol. The molecule has 0 aliphatic heterocycles. The predicted octanol–water partition coefficient (Wildman–Crippen LogP) is 15.7. The highest BCUT2D eigenvalue weighted by Gasteiger charge is 2.23. The van der Waals surface area contributed by atoms with Crippen LogP contribution in [0.25, 0.3) is 136 Å². The Hall–Kier alpha value is -8.19. The summed E-state index contributed by atoms with van der Waals surface area (Å²) in [6.45, 7) is 0. The molecule has 6 heteroatoms. The quantitative estimate of drug-likeness (QED) is 0.177. The molecule has 0 amide bonds. The van der Waals surface area contributed by atoms with Gasteiger partial charge in [0.05, 0.1) is 22.3 Å². The fourth-order valence-corrected chi connectivity index (χ4v) is 11.1. The van der Waals surface area contributed by atoms with E-state index in [1.807, 2.05) is 18.2 Å². The molecule has 14 aromatic rings. The molecule has 0 atom stereocenters. The van der Waals surface area contributed by atoms with E-state index in [1.165, 1.54) is 47.1 Å². The summed E-state index contributed by atoms with van der Waals surface area (Å²) in [6.07, 6.45) is 0. The van der Waals surface area contributed by atoms with E-state index in [1.54, 1.807) is 11.3 Å². The van der Waals surface area contributed by atoms with Crippen LogP contribution in [0, 0.1) is 0 Å². The third kappa shape index (κ3) is 5.07. The number of aromatic nitrogens is 4. The minimum Gasteiger partial charge on any atom is -0.455 e. The average molecular weight is 821 g/mol. The number of hydrogen-bond acceptors (Lipinski definition) is 5. The molecule has 4 aromatic heterocycles. The van der Waals surface area contributed by atoms with E-state index >= 15 is 0 Å². The van der Waals surface area contributed by atoms with E-state index in [0.717, 1.165) is 71.5 Å². The average Bonchev–Trinajstić information content (AvgIpc) is 4.03. The normalized spacial score (nSPS) is 12.1. The van der Waals surface area contributed by atoms with Crippen molar-refractivity contribution in [3.63, 3.8) is 0 Å². The Balaban J connectivity index is 1.05. The molecule has 0 saturated carbocycles. The number of hydrogen-bond donors (Lipinski definition) is 0. The summed E-state index contributed by atoms with van der Waals surface area (Å²) in [6, 6.07) is 69.1. The standard InChI is InChI=1S/C57H32N4OS/c1-2-15-34(16-3-1)55-58-56(42-24-13-27-50-52(42)41-22-10-11-26-49(41)63-50)60-57(59-55)43-25-12-23-40-44-32-48(38-20-8-9-21-39(38)54(44)62-53(40)43)61-46-29-28-33-14-6-7-19-37(33)51(46)45-30-35-17-4-5-18-36(35)31-47(45)61/h1-32H. The van der Waals surface area contributed by atoms with Gasteiger partial charge in [0.25, 0.3) is 0 Å². The molecular formula is C57H32N4OS. The lowest BCUT2D eigenvalue weighted by molar-refractivity contribution is 0.673. The second kappa shape index (κ2) is 13.2. The fraction of sp³-hybridized carbons (Fsp3) is 0. The summed E-state index contributed by atoms with van der Waals surface area (Å²) in [5.41, 5.74) is 7.71. The molecule has 4 heterocycles. The molecule has 0 unspecified atom stereocenters. The number of benzene rings is 10. The highest BCUT2D eigenvalue weighted by Crippen LogP contribution is 2.45. The lowest BCUT2D eigenvalue weighted by Crippen LogP contribution is -2.00. The van der Waals surface area contributed by atoms with Crippen LogP contribution in [0.4, 0.5) is 0 Å². The van der Waals surface area contributed by atoms with E-state index in [0.29, 0.717) is 17.5 Å². The second-order valence-electron chi connectivity index (χ2n) is 16.3. The van der Waals surface area contributed by atoms with Crippen molar-refractivity contribution in [2.75, 3.05) is 0 Å². The van der Waals surface area contributed by atoms with E-state index in [9.17, 15) is 0 Å². The van der Waals surface area contributed by atoms with Gasteiger partial charge >= 0.3 is 0 Å². The SMILES string of the molecule is c1ccc(-c2nc(-c3cccc4c3oc3c5ccccc5c(-n5c6cc7ccccc7cc6c6c7ccccc7ccc65)cc43)nc(-c3cccc4sc5ccccc5c34)n2)cc1. The molecular weight excluding hydrogens is 789 g/mol. The van der Waals surface area contributed by atoms with Crippen molar-refractivity contribution in [2.24, 2.45) is 0 Å². The zero-order valence-corrected chi connectivity index (χ0v) is 34.4. The number of rotatable bonds is 4. The zero-order valence-electron chi connectivity index (χ0n) is 33.6. The van der Waals surface area contributed by atoms with Crippen LogP contribution >= 0.6 is 11.3 Å². The predicted molar refractivity (Wildman–Crippen MR) is 263 cm³/mol. The van der Waals surface area contributed by atoms with Crippen molar-refractivity contribution in [3.8, 4) is 39.9 Å². The molecule has 0 fully saturated rings. The number of nitrogens with zero attached hydrogens (tertiary/aromatic N) is 4. The Labute approximate surface area is 363 Å². The smallest absolute Gasteiger partial charge is 0.167 e. The first-order valence-corrected chi connectivity index (χ1v) is 22.0. The van der Waals surface area contributed by atoms with Crippen molar-refractivity contribution < 1.29 is 4.42 Å². The maximum Gasteiger partial charge on any atom is 0.167 e. The van der Waals surface area contributed by atoms with Gasteiger partial charge in [0.15, 0.2) is 17.5 Å². The minimum atomic E-state index is 0.561. The topological polar surface area (TPSA) is 56.7 Å². The third-order valence-corrected chi connectivity index (χ3v) is 13.9. The van der Waals surface area contributed by atoms with E-state index in [2.05, 4.69) is 180 Å². The van der Waals surface area contributed by atoms with Crippen LogP contribution in [-0.2, 0) is 0 Å². The maximum atomic E-state index is 7.11. The molecule has 63 heavy (non-hydrogen) atoms. The minimum absolute atomic E-state index is 0.561. The van der Waals surface area contributed by atoms with Crippen LogP contribution in [0.5, 0.6) is 0 Å². The third-order valence-electron chi connectivity index (χ3n) is 12.8. The summed E-state index contributed by atoms with van der Waals surface area (Å²) in [4.78, 5) is 15.7. The van der Waals surface area contributed by atoms with Gasteiger partial charge in [-0.05, 0) is 64.0 Å². The summed E-state index contributed by atoms with van der Waals surface area (Å²) in [7, 11) is 0. The van der Waals surface area contributed by atoms with Gasteiger partial charge in [-0.3, -0.25) is 0 Å². The summed E-state index contributed by atoms with van der Waals surface area (Å²) >= 11 is 1.79. The fourth-order valence-electron chi connectivity index (χ4n) is 9.99. The Kier molecular flexibility index (Phi) is 7.21. The van der Waals surface area contributed by atoms with Crippen molar-refractivity contribution in [1.29, 1.82) is 0 Å². The molecule has 292 valence electrons. The van der Waals surface area contributed by atoms with Gasteiger partial charge < -0.3 is 8.98 Å². The van der Waals surface area contributed by atoms with Crippen LogP contribution < -0.4 is 0 Å². The van der Waals surface area contributed by atoms with Gasteiger partial charge in [-0.2, -0.15) is 0 Å². The van der Waals surface area contributed by atoms with Gasteiger partial charge in [0.2, 0.25) is 0 Å². The van der Waals surface area contributed by atoms with Gasteiger partial charge in [-0.1, -0.05) is 152 Å². The molecule has 0 bridgehead atoms. The van der Waals surface area contributed by atoms with Crippen molar-refractivity contribution in [1.82, 2.24) is 19.5 Å². The van der Waals surface area contributed by atoms with Crippen LogP contribution in [-0.4, -0.2) is 19.5 Å². The maximum absolute atomic E-state index is 7.11. The van der Waals surface area contributed by atoms with Crippen molar-refractivity contribution >= 4 is 108 Å². The number of para-hydroxylation sites is 1. The van der Waals surface area contributed by atoms with Gasteiger partial charge in [0.1, 0.15) is 11.2 Å². The van der Waals surface area contributed by atoms with Crippen molar-refractivity contribution in [3.05, 3.63) is 194 Å². The molecule has 0 N–H and O–H groups in total. The van der Waals surface area contributed by atoms with Crippen LogP contribution in [0.1, 0.15) is 0 Å². The Morgan fingerprint density at radius 3 is 1.84 bits per heavy atom. The molecule has 10 aromatic carbocycles. The largest absolute Gasteiger partial charge is 0.455 e. The Morgan fingerprint density at radius 1 is 0.365 bits per heavy atom. The lowest BCUT2D eigenvalue weighted by Gasteiger charge is -2.13. The van der Waals surface area contributed by atoms with E-state index in [4.69, 9.17) is 19.4 Å². The molecule has 5 nitrogen and oxygen atoms in total. The van der Waals surface area contributed by atoms with E-state index in [-0.39, 0.29) is 0 Å². The molecule has 0 radical (unpaired) electrons. The summed E-state index contributed by atoms with van der Waals surface area (Å²) in [5.74, 6) is 1.80. The van der Waals surface area contributed by atoms with E-state index < -0.39 is 0 Å². The molecule has 0 aliphatic rings. The van der Waals surface area contributed by atoms with Crippen molar-refractivity contribution in [2.45, 2.75) is 0 Å². The highest BCUT2D eigenvalue weighted by molar-refractivity contribution is 7.25. The highest BCUT2D eigenvalue weighted by atomic mass is 32.1. The second-order valence-corrected chi connectivity index (χ2v) is 17.4. The van der Waals surface area contributed by atoms with Gasteiger partial charge in [0, 0.05) is 63.6 Å². The number of furan rings is 1. The van der Waals surface area contributed by atoms with Crippen LogP contribution in [0.2, 0.25) is 0 Å². The molecule has 0 spiro atoms. The summed E-state index contributed by atoms with van der Waals surface area (Å²) in [5, 5.41) is 13.9. The first-order valence-electron chi connectivity index (χ1n) is 21.2. The number of thiophene rings is 1. The van der Waals surface area contributed by atoms with Gasteiger partial charge in [-0.25, -0.2) is 15.0 Å². The van der Waals surface area contributed by atoms with Crippen LogP contribution in [0.15, 0.2) is 199 Å². The zero-order chi connectivity index (χ0) is 41.2. The molecule has 0 aliphatic carbocycles. The molecule has 0 saturated heterocycles. The summed E-state index contributed by atoms with van der Waals surface area (Å²) < 4.78 is 12.0. The first kappa shape index (κ1) is 34.5. The first-order chi connectivity index (χ1) is 31.2. The van der Waals surface area contributed by atoms with Crippen LogP contribution in [0.3, 0.4) is 0 Å². The number of fused-ring (bicyclic) bond motifs is 14. The molecule has 14 rings (SSSR count). The Bertz CT molecular complexity index is 4220. The Morgan fingerprint density at radius 2 is 0.984 bits per heavy atom.